The van der Waals surface area contributed by atoms with Crippen molar-refractivity contribution in [1.82, 2.24) is 0 Å². The predicted molar refractivity (Wildman–Crippen MR) is 175 cm³/mol. The van der Waals surface area contributed by atoms with Crippen LogP contribution in [0.3, 0.4) is 0 Å². The maximum atomic E-state index is 12.0. The number of carbonyl (C=O) groups excluding carboxylic acids is 3. The highest BCUT2D eigenvalue weighted by atomic mass is 16.5. The van der Waals surface area contributed by atoms with Crippen LogP contribution >= 0.6 is 0 Å². The predicted octanol–water partition coefficient (Wildman–Crippen LogP) is 6.64. The van der Waals surface area contributed by atoms with Crippen molar-refractivity contribution in [1.29, 1.82) is 0 Å². The summed E-state index contributed by atoms with van der Waals surface area (Å²) in [6.45, 7) is 9.00. The quantitative estimate of drug-likeness (QED) is 0.128. The van der Waals surface area contributed by atoms with Crippen molar-refractivity contribution in [3.8, 4) is 0 Å². The number of benzene rings is 2. The van der Waals surface area contributed by atoms with Crippen LogP contribution < -0.4 is 0 Å². The van der Waals surface area contributed by atoms with E-state index in [1.807, 2.05) is 50.2 Å². The molecule has 9 nitrogen and oxygen atoms in total. The summed E-state index contributed by atoms with van der Waals surface area (Å²) in [5, 5.41) is 0. The maximum Gasteiger partial charge on any atom is 0.338 e. The smallest absolute Gasteiger partial charge is 0.338 e. The molecule has 4 atom stereocenters. The lowest BCUT2D eigenvalue weighted by atomic mass is 9.94. The van der Waals surface area contributed by atoms with Gasteiger partial charge in [-0.25, -0.2) is 9.59 Å². The zero-order chi connectivity index (χ0) is 33.3. The van der Waals surface area contributed by atoms with Crippen LogP contribution in [-0.4, -0.2) is 70.1 Å². The molecule has 2 fully saturated rings. The van der Waals surface area contributed by atoms with Crippen LogP contribution in [0.1, 0.15) is 94.3 Å². The summed E-state index contributed by atoms with van der Waals surface area (Å²) in [5.41, 5.74) is 4.71. The molecule has 0 unspecified atom stereocenters. The van der Waals surface area contributed by atoms with E-state index in [1.165, 1.54) is 14.2 Å². The Hall–Kier alpha value is -3.37. The Balaban J connectivity index is 0.000000250. The molecule has 0 aliphatic heterocycles. The number of rotatable bonds is 14. The van der Waals surface area contributed by atoms with E-state index in [1.54, 1.807) is 6.08 Å². The number of methoxy groups -OCH3 is 2. The molecule has 0 aromatic heterocycles. The first-order valence-corrected chi connectivity index (χ1v) is 16.2. The van der Waals surface area contributed by atoms with Gasteiger partial charge in [0.1, 0.15) is 12.9 Å². The van der Waals surface area contributed by atoms with E-state index < -0.39 is 0 Å². The van der Waals surface area contributed by atoms with E-state index >= 15 is 0 Å². The lowest BCUT2D eigenvalue weighted by Crippen LogP contribution is -2.28. The number of hydrogen-bond acceptors (Lipinski definition) is 9. The summed E-state index contributed by atoms with van der Waals surface area (Å²) in [6, 6.07) is 11.5. The van der Waals surface area contributed by atoms with E-state index in [0.29, 0.717) is 30.9 Å². The molecule has 0 heterocycles. The number of hydrogen-bond donors (Lipinski definition) is 0. The van der Waals surface area contributed by atoms with Crippen LogP contribution in [-0.2, 0) is 46.4 Å². The van der Waals surface area contributed by atoms with E-state index in [9.17, 15) is 14.4 Å². The molecule has 2 aromatic rings. The molecule has 0 spiro atoms. The van der Waals surface area contributed by atoms with Crippen LogP contribution in [0, 0.1) is 13.8 Å². The highest BCUT2D eigenvalue weighted by molar-refractivity contribution is 5.93. The third-order valence-electron chi connectivity index (χ3n) is 8.45. The second-order valence-corrected chi connectivity index (χ2v) is 11.8. The van der Waals surface area contributed by atoms with Gasteiger partial charge in [-0.3, -0.25) is 0 Å². The number of aldehydes is 1. The van der Waals surface area contributed by atoms with Crippen LogP contribution in [0.15, 0.2) is 49.1 Å². The molecule has 4 rings (SSSR count). The van der Waals surface area contributed by atoms with E-state index in [-0.39, 0.29) is 43.0 Å². The fraction of sp³-hybridized carbons (Fsp3) is 0.541. The first kappa shape index (κ1) is 37.1. The zero-order valence-corrected chi connectivity index (χ0v) is 27.8. The molecule has 2 aliphatic rings. The second-order valence-electron chi connectivity index (χ2n) is 11.8. The van der Waals surface area contributed by atoms with Gasteiger partial charge in [-0.1, -0.05) is 42.5 Å². The second kappa shape index (κ2) is 20.0. The molecule has 252 valence electrons. The first-order valence-electron chi connectivity index (χ1n) is 16.2. The molecule has 0 bridgehead atoms. The topological polar surface area (TPSA) is 107 Å². The molecule has 2 aromatic carbocycles. The van der Waals surface area contributed by atoms with E-state index in [2.05, 4.69) is 6.58 Å². The van der Waals surface area contributed by atoms with Crippen LogP contribution in [0.25, 0.3) is 0 Å². The minimum absolute atomic E-state index is 0.0801. The molecule has 0 radical (unpaired) electrons. The summed E-state index contributed by atoms with van der Waals surface area (Å²) >= 11 is 0. The van der Waals surface area contributed by atoms with Gasteiger partial charge in [0.15, 0.2) is 0 Å². The van der Waals surface area contributed by atoms with Crippen molar-refractivity contribution >= 4 is 18.2 Å². The number of esters is 2. The number of ether oxygens (including phenoxy) is 6. The molecule has 9 heteroatoms. The van der Waals surface area contributed by atoms with Crippen molar-refractivity contribution in [2.45, 2.75) is 103 Å². The van der Waals surface area contributed by atoms with Crippen molar-refractivity contribution in [3.63, 3.8) is 0 Å². The minimum Gasteiger partial charge on any atom is -0.465 e. The Morgan fingerprint density at radius 3 is 1.50 bits per heavy atom. The van der Waals surface area contributed by atoms with Gasteiger partial charge in [0.25, 0.3) is 0 Å². The zero-order valence-electron chi connectivity index (χ0n) is 27.8. The highest BCUT2D eigenvalue weighted by Gasteiger charge is 2.25. The normalized spacial score (nSPS) is 21.0. The Kier molecular flexibility index (Phi) is 16.1. The van der Waals surface area contributed by atoms with Gasteiger partial charge < -0.3 is 33.2 Å². The number of aryl methyl sites for hydroxylation is 2. The summed E-state index contributed by atoms with van der Waals surface area (Å²) in [6.07, 6.45) is 11.0. The van der Waals surface area contributed by atoms with Crippen molar-refractivity contribution in [2.24, 2.45) is 0 Å². The van der Waals surface area contributed by atoms with Crippen LogP contribution in [0.5, 0.6) is 0 Å². The molecule has 0 saturated heterocycles. The monoisotopic (exact) mass is 638 g/mol. The highest BCUT2D eigenvalue weighted by Crippen LogP contribution is 2.27. The SMILES string of the molecule is C=CCO[C@H]1CCC[C@@H](OCc2cccc(C)c2C(=O)OC)C1.COC(=O)c1c(C)cccc1CO[C@@H]1CCC[C@H](OCC=O)C1. The van der Waals surface area contributed by atoms with Crippen LogP contribution in [0.2, 0.25) is 0 Å². The summed E-state index contributed by atoms with van der Waals surface area (Å²) < 4.78 is 33.0. The molecule has 0 N–H and O–H groups in total. The molecule has 0 amide bonds. The van der Waals surface area contributed by atoms with Crippen molar-refractivity contribution in [2.75, 3.05) is 27.4 Å². The van der Waals surface area contributed by atoms with Gasteiger partial charge in [-0.05, 0) is 87.5 Å². The van der Waals surface area contributed by atoms with E-state index in [0.717, 1.165) is 79.9 Å². The van der Waals surface area contributed by atoms with Gasteiger partial charge in [-0.15, -0.1) is 6.58 Å². The Morgan fingerprint density at radius 1 is 0.696 bits per heavy atom. The van der Waals surface area contributed by atoms with Gasteiger partial charge in [0, 0.05) is 0 Å². The van der Waals surface area contributed by atoms with Crippen LogP contribution in [0.4, 0.5) is 0 Å². The van der Waals surface area contributed by atoms with E-state index in [4.69, 9.17) is 28.4 Å². The Morgan fingerprint density at radius 2 is 1.11 bits per heavy atom. The molecule has 2 saturated carbocycles. The molecule has 2 aliphatic carbocycles. The standard InChI is InChI=1S/C19H26O4.C18H24O5/c1-4-11-22-16-9-6-10-17(12-16)23-13-15-8-5-7-14(2)18(15)19(20)21-3;1-13-5-3-6-14(17(13)18(20)21-2)12-23-16-8-4-7-15(11-16)22-10-9-19/h4-5,7-8,16-17H,1,6,9-13H2,2-3H3;3,5-6,9,15-16H,4,7-8,10-12H2,1-2H3/t16-,17+;15-,16+/m00/s1. The third kappa shape index (κ3) is 11.5. The average molecular weight is 639 g/mol. The minimum atomic E-state index is -0.336. The lowest BCUT2D eigenvalue weighted by molar-refractivity contribution is -0.116. The molecular weight excluding hydrogens is 588 g/mol. The third-order valence-corrected chi connectivity index (χ3v) is 8.45. The summed E-state index contributed by atoms with van der Waals surface area (Å²) in [7, 11) is 2.79. The fourth-order valence-corrected chi connectivity index (χ4v) is 6.09. The lowest BCUT2D eigenvalue weighted by Gasteiger charge is -2.29. The largest absolute Gasteiger partial charge is 0.465 e. The van der Waals surface area contributed by atoms with Gasteiger partial charge in [-0.2, -0.15) is 0 Å². The average Bonchev–Trinajstić information content (AvgIpc) is 3.08. The summed E-state index contributed by atoms with van der Waals surface area (Å²) in [5.74, 6) is -0.643. The van der Waals surface area contributed by atoms with Gasteiger partial charge >= 0.3 is 11.9 Å². The molecule has 46 heavy (non-hydrogen) atoms. The molecular formula is C37H50O9. The van der Waals surface area contributed by atoms with Gasteiger partial charge in [0.05, 0.1) is 69.6 Å². The Labute approximate surface area is 273 Å². The van der Waals surface area contributed by atoms with Crippen molar-refractivity contribution in [3.05, 3.63) is 82.4 Å². The van der Waals surface area contributed by atoms with Crippen molar-refractivity contribution < 1.29 is 42.8 Å². The Bertz CT molecular complexity index is 1180. The summed E-state index contributed by atoms with van der Waals surface area (Å²) in [4.78, 5) is 34.3. The number of carbonyl (C=O) groups is 3. The maximum absolute atomic E-state index is 12.0. The first-order chi connectivity index (χ1) is 22.3. The van der Waals surface area contributed by atoms with Gasteiger partial charge in [0.2, 0.25) is 0 Å². The fourth-order valence-electron chi connectivity index (χ4n) is 6.09.